The molecular formula is C22H25N3O3S. The van der Waals surface area contributed by atoms with Gasteiger partial charge in [0.2, 0.25) is 15.9 Å². The Bertz CT molecular complexity index is 1100. The fourth-order valence-electron chi connectivity index (χ4n) is 3.00. The van der Waals surface area contributed by atoms with Crippen LogP contribution in [-0.4, -0.2) is 26.4 Å². The van der Waals surface area contributed by atoms with E-state index in [9.17, 15) is 13.2 Å². The van der Waals surface area contributed by atoms with Gasteiger partial charge in [-0.05, 0) is 56.5 Å². The first kappa shape index (κ1) is 20.8. The van der Waals surface area contributed by atoms with Gasteiger partial charge in [-0.1, -0.05) is 36.4 Å². The number of amides is 1. The van der Waals surface area contributed by atoms with Gasteiger partial charge in [0.15, 0.2) is 0 Å². The Hall–Kier alpha value is -2.90. The lowest BCUT2D eigenvalue weighted by Gasteiger charge is -2.17. The van der Waals surface area contributed by atoms with Gasteiger partial charge >= 0.3 is 0 Å². The van der Waals surface area contributed by atoms with E-state index in [1.807, 2.05) is 42.5 Å². The molecule has 3 rings (SSSR count). The van der Waals surface area contributed by atoms with Crippen molar-refractivity contribution in [2.75, 3.05) is 10.6 Å². The summed E-state index contributed by atoms with van der Waals surface area (Å²) in [6.07, 6.45) is 0. The number of rotatable bonds is 7. The second-order valence-electron chi connectivity index (χ2n) is 7.18. The summed E-state index contributed by atoms with van der Waals surface area (Å²) in [5, 5.41) is 8.19. The summed E-state index contributed by atoms with van der Waals surface area (Å²) in [6.45, 7) is 5.30. The Morgan fingerprint density at radius 2 is 1.52 bits per heavy atom. The first-order valence-corrected chi connectivity index (χ1v) is 10.9. The molecule has 7 heteroatoms. The molecule has 3 aromatic carbocycles. The molecule has 0 bridgehead atoms. The molecule has 3 aromatic rings. The Labute approximate surface area is 171 Å². The Balaban J connectivity index is 1.68. The Morgan fingerprint density at radius 3 is 2.21 bits per heavy atom. The van der Waals surface area contributed by atoms with E-state index in [4.69, 9.17) is 0 Å². The van der Waals surface area contributed by atoms with Crippen molar-refractivity contribution in [1.29, 1.82) is 0 Å². The minimum atomic E-state index is -3.56. The van der Waals surface area contributed by atoms with Crippen molar-refractivity contribution >= 4 is 38.1 Å². The quantitative estimate of drug-likeness (QED) is 0.549. The highest BCUT2D eigenvalue weighted by atomic mass is 32.2. The number of nitrogens with one attached hydrogen (secondary N) is 3. The van der Waals surface area contributed by atoms with E-state index < -0.39 is 16.1 Å². The van der Waals surface area contributed by atoms with Crippen molar-refractivity contribution in [3.8, 4) is 0 Å². The number of carbonyl (C=O) groups excluding carboxylic acids is 1. The zero-order valence-corrected chi connectivity index (χ0v) is 17.5. The summed E-state index contributed by atoms with van der Waals surface area (Å²) in [5.41, 5.74) is 1.41. The van der Waals surface area contributed by atoms with Crippen molar-refractivity contribution in [1.82, 2.24) is 4.72 Å². The normalized spacial score (nSPS) is 12.7. The largest absolute Gasteiger partial charge is 0.373 e. The van der Waals surface area contributed by atoms with E-state index in [0.29, 0.717) is 5.69 Å². The van der Waals surface area contributed by atoms with Crippen LogP contribution in [0.3, 0.4) is 0 Å². The van der Waals surface area contributed by atoms with Gasteiger partial charge in [-0.25, -0.2) is 13.1 Å². The fraction of sp³-hybridized carbons (Fsp3) is 0.227. The summed E-state index contributed by atoms with van der Waals surface area (Å²) >= 11 is 0. The van der Waals surface area contributed by atoms with E-state index in [0.717, 1.165) is 16.5 Å². The van der Waals surface area contributed by atoms with Gasteiger partial charge in [-0.15, -0.1) is 0 Å². The highest BCUT2D eigenvalue weighted by Gasteiger charge is 2.17. The number of benzene rings is 3. The molecule has 3 N–H and O–H groups in total. The predicted molar refractivity (Wildman–Crippen MR) is 118 cm³/mol. The zero-order chi connectivity index (χ0) is 21.0. The summed E-state index contributed by atoms with van der Waals surface area (Å²) in [6, 6.07) is 19.3. The number of hydrogen-bond donors (Lipinski definition) is 3. The molecule has 0 aliphatic heterocycles. The molecule has 0 saturated carbocycles. The van der Waals surface area contributed by atoms with Gasteiger partial charge in [0.05, 0.1) is 4.90 Å². The molecule has 0 aliphatic carbocycles. The second kappa shape index (κ2) is 8.63. The molecule has 0 unspecified atom stereocenters. The maximum atomic E-state index is 12.6. The molecule has 0 fully saturated rings. The molecule has 0 spiro atoms. The number of anilines is 2. The van der Waals surface area contributed by atoms with Gasteiger partial charge in [0, 0.05) is 22.8 Å². The van der Waals surface area contributed by atoms with Crippen LogP contribution in [0, 0.1) is 0 Å². The van der Waals surface area contributed by atoms with E-state index in [1.54, 1.807) is 32.9 Å². The Kier molecular flexibility index (Phi) is 6.20. The third kappa shape index (κ3) is 5.13. The molecule has 0 aliphatic rings. The van der Waals surface area contributed by atoms with Crippen molar-refractivity contribution in [3.05, 3.63) is 66.7 Å². The first-order chi connectivity index (χ1) is 13.8. The van der Waals surface area contributed by atoms with Crippen LogP contribution in [0.15, 0.2) is 71.6 Å². The lowest BCUT2D eigenvalue weighted by atomic mass is 10.1. The fourth-order valence-corrected chi connectivity index (χ4v) is 4.25. The highest BCUT2D eigenvalue weighted by molar-refractivity contribution is 7.89. The van der Waals surface area contributed by atoms with Gasteiger partial charge in [-0.3, -0.25) is 4.79 Å². The molecule has 1 atom stereocenters. The molecule has 0 radical (unpaired) electrons. The monoisotopic (exact) mass is 411 g/mol. The topological polar surface area (TPSA) is 87.3 Å². The van der Waals surface area contributed by atoms with Crippen molar-refractivity contribution in [3.63, 3.8) is 0 Å². The predicted octanol–water partition coefficient (Wildman–Crippen LogP) is 3.97. The number of sulfonamides is 1. The van der Waals surface area contributed by atoms with Gasteiger partial charge in [0.25, 0.3) is 0 Å². The molecular weight excluding hydrogens is 386 g/mol. The molecule has 1 amide bonds. The average molecular weight is 412 g/mol. The summed E-state index contributed by atoms with van der Waals surface area (Å²) < 4.78 is 26.9. The molecule has 0 aromatic heterocycles. The van der Waals surface area contributed by atoms with E-state index in [1.165, 1.54) is 12.1 Å². The standard InChI is InChI=1S/C22H25N3O3S/c1-15(2)25-29(27,28)19-13-11-18(12-14-19)24-22(26)16(3)23-21-10-6-8-17-7-4-5-9-20(17)21/h4-16,23,25H,1-3H3,(H,24,26)/t16-/m0/s1. The maximum Gasteiger partial charge on any atom is 0.246 e. The number of fused-ring (bicyclic) bond motifs is 1. The SMILES string of the molecule is CC(C)NS(=O)(=O)c1ccc(NC(=O)[C@H](C)Nc2cccc3ccccc23)cc1. The number of carbonyl (C=O) groups is 1. The van der Waals surface area contributed by atoms with Crippen LogP contribution in [0.2, 0.25) is 0 Å². The van der Waals surface area contributed by atoms with Crippen LogP contribution < -0.4 is 15.4 Å². The maximum absolute atomic E-state index is 12.6. The van der Waals surface area contributed by atoms with Gasteiger partial charge in [-0.2, -0.15) is 0 Å². The zero-order valence-electron chi connectivity index (χ0n) is 16.6. The lowest BCUT2D eigenvalue weighted by molar-refractivity contribution is -0.116. The van der Waals surface area contributed by atoms with Crippen molar-refractivity contribution in [2.45, 2.75) is 37.8 Å². The summed E-state index contributed by atoms with van der Waals surface area (Å²) in [5.74, 6) is -0.214. The van der Waals surface area contributed by atoms with Crippen LogP contribution >= 0.6 is 0 Å². The third-order valence-electron chi connectivity index (χ3n) is 4.38. The smallest absolute Gasteiger partial charge is 0.246 e. The second-order valence-corrected chi connectivity index (χ2v) is 8.90. The van der Waals surface area contributed by atoms with E-state index in [2.05, 4.69) is 15.4 Å². The van der Waals surface area contributed by atoms with E-state index >= 15 is 0 Å². The number of hydrogen-bond acceptors (Lipinski definition) is 4. The minimum absolute atomic E-state index is 0.158. The van der Waals surface area contributed by atoms with Crippen LogP contribution in [0.4, 0.5) is 11.4 Å². The molecule has 29 heavy (non-hydrogen) atoms. The van der Waals surface area contributed by atoms with Crippen molar-refractivity contribution in [2.24, 2.45) is 0 Å². The van der Waals surface area contributed by atoms with Crippen LogP contribution in [0.25, 0.3) is 10.8 Å². The van der Waals surface area contributed by atoms with Crippen molar-refractivity contribution < 1.29 is 13.2 Å². The van der Waals surface area contributed by atoms with Crippen LogP contribution in [-0.2, 0) is 14.8 Å². The molecule has 0 saturated heterocycles. The first-order valence-electron chi connectivity index (χ1n) is 9.44. The van der Waals surface area contributed by atoms with Crippen LogP contribution in [0.5, 0.6) is 0 Å². The third-order valence-corrected chi connectivity index (χ3v) is 6.05. The average Bonchev–Trinajstić information content (AvgIpc) is 2.67. The Morgan fingerprint density at radius 1 is 0.862 bits per heavy atom. The molecule has 152 valence electrons. The molecule has 0 heterocycles. The molecule has 6 nitrogen and oxygen atoms in total. The van der Waals surface area contributed by atoms with Gasteiger partial charge < -0.3 is 10.6 Å². The minimum Gasteiger partial charge on any atom is -0.373 e. The van der Waals surface area contributed by atoms with E-state index in [-0.39, 0.29) is 16.8 Å². The highest BCUT2D eigenvalue weighted by Crippen LogP contribution is 2.24. The van der Waals surface area contributed by atoms with Crippen LogP contribution in [0.1, 0.15) is 20.8 Å². The summed E-state index contributed by atoms with van der Waals surface area (Å²) in [4.78, 5) is 12.7. The lowest BCUT2D eigenvalue weighted by Crippen LogP contribution is -2.32. The van der Waals surface area contributed by atoms with Gasteiger partial charge in [0.1, 0.15) is 6.04 Å². The summed E-state index contributed by atoms with van der Waals surface area (Å²) in [7, 11) is -3.56.